The molecule has 1 heterocycles. The number of aromatic nitrogens is 2. The number of H-pyrrole nitrogens is 1. The summed E-state index contributed by atoms with van der Waals surface area (Å²) in [5.41, 5.74) is -0.303. The average molecular weight is 267 g/mol. The van der Waals surface area contributed by atoms with Crippen molar-refractivity contribution >= 4 is 11.9 Å². The quantitative estimate of drug-likeness (QED) is 0.661. The molecule has 0 aromatic carbocycles. The number of rotatable bonds is 6. The predicted molar refractivity (Wildman–Crippen MR) is 66.1 cm³/mol. The molecule has 0 atom stereocenters. The number of nitrogens with zero attached hydrogens (tertiary/aromatic N) is 1. The molecular weight excluding hydrogens is 250 g/mol. The Balaban J connectivity index is 1.74. The van der Waals surface area contributed by atoms with Crippen LogP contribution in [0.15, 0.2) is 6.33 Å². The van der Waals surface area contributed by atoms with Gasteiger partial charge in [0.25, 0.3) is 5.91 Å². The molecular formula is C12H17N3O4. The lowest BCUT2D eigenvalue weighted by atomic mass is 10.3. The van der Waals surface area contributed by atoms with Gasteiger partial charge in [-0.2, -0.15) is 0 Å². The molecule has 1 fully saturated rings. The van der Waals surface area contributed by atoms with E-state index >= 15 is 0 Å². The number of imidazole rings is 1. The van der Waals surface area contributed by atoms with Crippen LogP contribution in [0.1, 0.15) is 46.7 Å². The molecule has 0 spiro atoms. The molecule has 1 amide bonds. The van der Waals surface area contributed by atoms with Crippen molar-refractivity contribution in [1.82, 2.24) is 15.3 Å². The summed E-state index contributed by atoms with van der Waals surface area (Å²) in [4.78, 5) is 28.7. The minimum Gasteiger partial charge on any atom is -0.477 e. The van der Waals surface area contributed by atoms with E-state index in [4.69, 9.17) is 9.84 Å². The summed E-state index contributed by atoms with van der Waals surface area (Å²) in [5.74, 6) is -1.71. The highest BCUT2D eigenvalue weighted by molar-refractivity contribution is 6.02. The molecule has 7 nitrogen and oxygen atoms in total. The van der Waals surface area contributed by atoms with Gasteiger partial charge in [-0.1, -0.05) is 12.8 Å². The number of nitrogens with one attached hydrogen (secondary N) is 2. The monoisotopic (exact) mass is 267 g/mol. The third kappa shape index (κ3) is 3.54. The van der Waals surface area contributed by atoms with E-state index in [0.717, 1.165) is 12.8 Å². The van der Waals surface area contributed by atoms with Crippen molar-refractivity contribution in [3.63, 3.8) is 0 Å². The first-order chi connectivity index (χ1) is 9.18. The molecule has 3 N–H and O–H groups in total. The average Bonchev–Trinajstić information content (AvgIpc) is 3.04. The number of carbonyl (C=O) groups excluding carboxylic acids is 1. The number of hydrogen-bond acceptors (Lipinski definition) is 4. The van der Waals surface area contributed by atoms with Crippen LogP contribution in [-0.4, -0.2) is 46.2 Å². The van der Waals surface area contributed by atoms with Gasteiger partial charge in [0.15, 0.2) is 11.4 Å². The summed E-state index contributed by atoms with van der Waals surface area (Å²) in [6.45, 7) is 0.782. The van der Waals surface area contributed by atoms with Gasteiger partial charge in [-0.25, -0.2) is 9.78 Å². The van der Waals surface area contributed by atoms with Crippen LogP contribution >= 0.6 is 0 Å². The topological polar surface area (TPSA) is 104 Å². The summed E-state index contributed by atoms with van der Waals surface area (Å²) < 4.78 is 5.59. The second kappa shape index (κ2) is 6.33. The van der Waals surface area contributed by atoms with Crippen LogP contribution < -0.4 is 5.32 Å². The second-order valence-corrected chi connectivity index (χ2v) is 4.46. The van der Waals surface area contributed by atoms with E-state index in [2.05, 4.69) is 15.3 Å². The third-order valence-corrected chi connectivity index (χ3v) is 3.11. The smallest absolute Gasteiger partial charge is 0.354 e. The van der Waals surface area contributed by atoms with E-state index in [-0.39, 0.29) is 11.4 Å². The third-order valence-electron chi connectivity index (χ3n) is 3.11. The van der Waals surface area contributed by atoms with Crippen LogP contribution in [0, 0.1) is 0 Å². The lowest BCUT2D eigenvalue weighted by Gasteiger charge is -2.11. The minimum atomic E-state index is -1.20. The van der Waals surface area contributed by atoms with E-state index in [1.54, 1.807) is 0 Å². The molecule has 0 bridgehead atoms. The van der Waals surface area contributed by atoms with Crippen molar-refractivity contribution in [2.75, 3.05) is 13.2 Å². The Bertz CT molecular complexity index is 452. The lowest BCUT2D eigenvalue weighted by Crippen LogP contribution is -2.29. The highest BCUT2D eigenvalue weighted by Crippen LogP contribution is 2.20. The fourth-order valence-corrected chi connectivity index (χ4v) is 2.16. The first-order valence-electron chi connectivity index (χ1n) is 6.35. The number of amides is 1. The number of ether oxygens (including phenoxy) is 1. The Hall–Kier alpha value is -1.89. The Kier molecular flexibility index (Phi) is 4.51. The summed E-state index contributed by atoms with van der Waals surface area (Å²) in [5, 5.41) is 11.4. The molecule has 0 saturated heterocycles. The number of carboxylic acids is 1. The van der Waals surface area contributed by atoms with Crippen LogP contribution in [0.5, 0.6) is 0 Å². The molecule has 1 aliphatic carbocycles. The van der Waals surface area contributed by atoms with E-state index in [0.29, 0.717) is 19.3 Å². The van der Waals surface area contributed by atoms with Crippen molar-refractivity contribution in [3.05, 3.63) is 17.7 Å². The summed E-state index contributed by atoms with van der Waals surface area (Å²) in [6, 6.07) is 0. The number of hydrogen-bond donors (Lipinski definition) is 3. The maximum absolute atomic E-state index is 11.7. The lowest BCUT2D eigenvalue weighted by molar-refractivity contribution is 0.0580. The van der Waals surface area contributed by atoms with Crippen LogP contribution in [0.2, 0.25) is 0 Å². The Labute approximate surface area is 110 Å². The molecule has 104 valence electrons. The van der Waals surface area contributed by atoms with Crippen LogP contribution in [0.3, 0.4) is 0 Å². The highest BCUT2D eigenvalue weighted by Gasteiger charge is 2.19. The number of carboxylic acid groups (broad SMARTS) is 1. The summed E-state index contributed by atoms with van der Waals surface area (Å²) >= 11 is 0. The molecule has 0 radical (unpaired) electrons. The molecule has 1 aromatic rings. The Morgan fingerprint density at radius 1 is 1.47 bits per heavy atom. The SMILES string of the molecule is O=C(NCCOC1CCCC1)c1nc[nH]c1C(=O)O. The van der Waals surface area contributed by atoms with Crippen molar-refractivity contribution < 1.29 is 19.4 Å². The zero-order valence-electron chi connectivity index (χ0n) is 10.5. The maximum Gasteiger partial charge on any atom is 0.354 e. The maximum atomic E-state index is 11.7. The fourth-order valence-electron chi connectivity index (χ4n) is 2.16. The molecule has 1 aromatic heterocycles. The summed E-state index contributed by atoms with van der Waals surface area (Å²) in [6.07, 6.45) is 6.05. The normalized spacial score (nSPS) is 15.6. The van der Waals surface area contributed by atoms with Gasteiger partial charge in [-0.05, 0) is 12.8 Å². The van der Waals surface area contributed by atoms with Gasteiger partial charge < -0.3 is 20.1 Å². The van der Waals surface area contributed by atoms with Crippen LogP contribution in [0.4, 0.5) is 0 Å². The minimum absolute atomic E-state index is 0.103. The number of carbonyl (C=O) groups is 2. The molecule has 2 rings (SSSR count). The van der Waals surface area contributed by atoms with Gasteiger partial charge >= 0.3 is 5.97 Å². The molecule has 0 unspecified atom stereocenters. The Morgan fingerprint density at radius 2 is 2.21 bits per heavy atom. The van der Waals surface area contributed by atoms with Gasteiger partial charge in [0.1, 0.15) is 0 Å². The van der Waals surface area contributed by atoms with E-state index in [1.807, 2.05) is 0 Å². The second-order valence-electron chi connectivity index (χ2n) is 4.46. The van der Waals surface area contributed by atoms with Crippen molar-refractivity contribution in [1.29, 1.82) is 0 Å². The van der Waals surface area contributed by atoms with Gasteiger partial charge in [0.2, 0.25) is 0 Å². The van der Waals surface area contributed by atoms with E-state index < -0.39 is 11.9 Å². The molecule has 1 aliphatic rings. The van der Waals surface area contributed by atoms with Gasteiger partial charge in [0, 0.05) is 6.54 Å². The molecule has 1 saturated carbocycles. The number of aromatic carboxylic acids is 1. The number of aromatic amines is 1. The Morgan fingerprint density at radius 3 is 2.89 bits per heavy atom. The zero-order chi connectivity index (χ0) is 13.7. The molecule has 0 aliphatic heterocycles. The van der Waals surface area contributed by atoms with Gasteiger partial charge in [-0.3, -0.25) is 4.79 Å². The first kappa shape index (κ1) is 13.5. The van der Waals surface area contributed by atoms with Gasteiger partial charge in [-0.15, -0.1) is 0 Å². The largest absolute Gasteiger partial charge is 0.477 e. The van der Waals surface area contributed by atoms with E-state index in [1.165, 1.54) is 19.2 Å². The van der Waals surface area contributed by atoms with Crippen molar-refractivity contribution in [2.24, 2.45) is 0 Å². The first-order valence-corrected chi connectivity index (χ1v) is 6.35. The fraction of sp³-hybridized carbons (Fsp3) is 0.583. The van der Waals surface area contributed by atoms with Crippen LogP contribution in [-0.2, 0) is 4.74 Å². The molecule has 19 heavy (non-hydrogen) atoms. The standard InChI is InChI=1S/C12H17N3O4/c16-11(9-10(12(17)18)15-7-14-9)13-5-6-19-8-3-1-2-4-8/h7-8H,1-6H2,(H,13,16)(H,14,15)(H,17,18). The van der Waals surface area contributed by atoms with Crippen molar-refractivity contribution in [3.8, 4) is 0 Å². The molecule has 7 heteroatoms. The van der Waals surface area contributed by atoms with Crippen LogP contribution in [0.25, 0.3) is 0 Å². The summed E-state index contributed by atoms with van der Waals surface area (Å²) in [7, 11) is 0. The predicted octanol–water partition coefficient (Wildman–Crippen LogP) is 0.797. The van der Waals surface area contributed by atoms with Crippen molar-refractivity contribution in [2.45, 2.75) is 31.8 Å². The zero-order valence-corrected chi connectivity index (χ0v) is 10.5. The highest BCUT2D eigenvalue weighted by atomic mass is 16.5. The van der Waals surface area contributed by atoms with E-state index in [9.17, 15) is 9.59 Å². The van der Waals surface area contributed by atoms with Gasteiger partial charge in [0.05, 0.1) is 19.0 Å².